The maximum atomic E-state index is 5.82. The second kappa shape index (κ2) is 7.88. The first-order valence-corrected chi connectivity index (χ1v) is 10.8. The third kappa shape index (κ3) is 3.35. The average Bonchev–Trinajstić information content (AvgIpc) is 2.83. The first-order valence-electron chi connectivity index (χ1n) is 9.28. The summed E-state index contributed by atoms with van der Waals surface area (Å²) in [7, 11) is 0. The largest absolute Gasteiger partial charge is 0.340 e. The lowest BCUT2D eigenvalue weighted by Crippen LogP contribution is -2.01. The van der Waals surface area contributed by atoms with Crippen molar-refractivity contribution in [2.75, 3.05) is 11.6 Å². The van der Waals surface area contributed by atoms with E-state index in [1.54, 1.807) is 0 Å². The molecule has 1 aliphatic heterocycles. The van der Waals surface area contributed by atoms with Gasteiger partial charge in [0.1, 0.15) is 0 Å². The van der Waals surface area contributed by atoms with Gasteiger partial charge in [0.05, 0.1) is 5.69 Å². The van der Waals surface area contributed by atoms with Crippen LogP contribution in [0.25, 0.3) is 22.2 Å². The van der Waals surface area contributed by atoms with Gasteiger partial charge in [0.25, 0.3) is 0 Å². The van der Waals surface area contributed by atoms with Gasteiger partial charge in [-0.15, -0.1) is 23.4 Å². The minimum Gasteiger partial charge on any atom is -0.340 e. The van der Waals surface area contributed by atoms with Crippen molar-refractivity contribution in [3.63, 3.8) is 0 Å². The monoisotopic (exact) mass is 369 g/mol. The summed E-state index contributed by atoms with van der Waals surface area (Å²) >= 11 is 7.81. The molecule has 0 fully saturated rings. The van der Waals surface area contributed by atoms with Gasteiger partial charge in [-0.05, 0) is 37.0 Å². The molecule has 1 aliphatic rings. The van der Waals surface area contributed by atoms with Crippen molar-refractivity contribution in [3.05, 3.63) is 54.1 Å². The summed E-state index contributed by atoms with van der Waals surface area (Å²) in [5.74, 6) is 1.94. The van der Waals surface area contributed by atoms with Gasteiger partial charge in [-0.25, -0.2) is 0 Å². The number of hydrogen-bond acceptors (Lipinski definition) is 1. The lowest BCUT2D eigenvalue weighted by molar-refractivity contribution is 0.597. The quantitative estimate of drug-likeness (QED) is 0.343. The minimum atomic E-state index is 0.784. The molecule has 0 unspecified atom stereocenters. The molecule has 130 valence electrons. The molecule has 2 aromatic carbocycles. The molecule has 0 spiro atoms. The second-order valence-electron chi connectivity index (χ2n) is 6.69. The normalized spacial score (nSPS) is 13.5. The number of hydrogen-bond donors (Lipinski definition) is 0. The van der Waals surface area contributed by atoms with Crippen molar-refractivity contribution in [2.45, 2.75) is 43.5 Å². The Morgan fingerprint density at radius 3 is 2.64 bits per heavy atom. The van der Waals surface area contributed by atoms with E-state index in [0.29, 0.717) is 0 Å². The fourth-order valence-corrected chi connectivity index (χ4v) is 5.15. The van der Waals surface area contributed by atoms with Crippen LogP contribution in [0.15, 0.2) is 53.4 Å². The Kier molecular flexibility index (Phi) is 5.38. The van der Waals surface area contributed by atoms with Crippen molar-refractivity contribution >= 4 is 34.3 Å². The molecule has 2 heterocycles. The Hall–Kier alpha value is -1.38. The fourth-order valence-electron chi connectivity index (χ4n) is 3.94. The molecule has 0 N–H and O–H groups in total. The number of aromatic nitrogens is 1. The number of rotatable bonds is 6. The van der Waals surface area contributed by atoms with Crippen LogP contribution in [0.2, 0.25) is 0 Å². The SMILES string of the molecule is ClCCCCCCn1c2c(c3ccccc31)CCSc1ccccc1-2. The van der Waals surface area contributed by atoms with E-state index in [0.717, 1.165) is 31.0 Å². The maximum absolute atomic E-state index is 5.82. The van der Waals surface area contributed by atoms with E-state index in [2.05, 4.69) is 53.1 Å². The molecule has 0 saturated heterocycles. The van der Waals surface area contributed by atoms with E-state index < -0.39 is 0 Å². The van der Waals surface area contributed by atoms with Crippen molar-refractivity contribution < 1.29 is 0 Å². The van der Waals surface area contributed by atoms with Crippen LogP contribution in [0.4, 0.5) is 0 Å². The highest BCUT2D eigenvalue weighted by atomic mass is 35.5. The number of para-hydroxylation sites is 1. The molecule has 1 aromatic heterocycles. The summed E-state index contributed by atoms with van der Waals surface area (Å²) in [6.45, 7) is 1.09. The minimum absolute atomic E-state index is 0.784. The number of benzene rings is 2. The van der Waals surface area contributed by atoms with Crippen molar-refractivity contribution in [1.82, 2.24) is 4.57 Å². The van der Waals surface area contributed by atoms with Crippen molar-refractivity contribution in [2.24, 2.45) is 0 Å². The molecular weight excluding hydrogens is 346 g/mol. The van der Waals surface area contributed by atoms with Gasteiger partial charge in [-0.2, -0.15) is 0 Å². The Labute approximate surface area is 159 Å². The third-order valence-corrected chi connectivity index (χ3v) is 6.44. The molecule has 0 aliphatic carbocycles. The van der Waals surface area contributed by atoms with Gasteiger partial charge in [-0.1, -0.05) is 49.2 Å². The second-order valence-corrected chi connectivity index (χ2v) is 8.21. The molecule has 0 atom stereocenters. The van der Waals surface area contributed by atoms with Crippen molar-refractivity contribution in [1.29, 1.82) is 0 Å². The first kappa shape index (κ1) is 17.1. The van der Waals surface area contributed by atoms with Crippen LogP contribution in [0.5, 0.6) is 0 Å². The van der Waals surface area contributed by atoms with E-state index in [1.807, 2.05) is 11.8 Å². The van der Waals surface area contributed by atoms with E-state index in [1.165, 1.54) is 51.9 Å². The Morgan fingerprint density at radius 2 is 1.72 bits per heavy atom. The number of unbranched alkanes of at least 4 members (excludes halogenated alkanes) is 3. The molecule has 1 nitrogen and oxygen atoms in total. The van der Waals surface area contributed by atoms with Gasteiger partial charge in [0.15, 0.2) is 0 Å². The predicted octanol–water partition coefficient (Wildman–Crippen LogP) is 6.76. The number of thioether (sulfide) groups is 1. The van der Waals surface area contributed by atoms with E-state index in [-0.39, 0.29) is 0 Å². The molecule has 0 bridgehead atoms. The summed E-state index contributed by atoms with van der Waals surface area (Å²) in [4.78, 5) is 1.42. The third-order valence-electron chi connectivity index (χ3n) is 5.09. The summed E-state index contributed by atoms with van der Waals surface area (Å²) in [5.41, 5.74) is 5.80. The van der Waals surface area contributed by atoms with Crippen LogP contribution in [0.1, 0.15) is 31.2 Å². The number of fused-ring (bicyclic) bond motifs is 5. The molecule has 0 amide bonds. The molecule has 4 rings (SSSR count). The molecule has 0 saturated carbocycles. The predicted molar refractivity (Wildman–Crippen MR) is 111 cm³/mol. The Bertz CT molecular complexity index is 868. The highest BCUT2D eigenvalue weighted by Gasteiger charge is 2.22. The standard InChI is InChI=1S/C22H24ClNS/c23-14-7-1-2-8-15-24-20-11-5-3-9-17(20)18-13-16-25-21-12-6-4-10-19(21)22(18)24/h3-6,9-12H,1-2,7-8,13-16H2. The number of halogens is 1. The van der Waals surface area contributed by atoms with Crippen LogP contribution >= 0.6 is 23.4 Å². The average molecular weight is 370 g/mol. The maximum Gasteiger partial charge on any atom is 0.0535 e. The van der Waals surface area contributed by atoms with Crippen LogP contribution in [0.3, 0.4) is 0 Å². The number of nitrogens with zero attached hydrogens (tertiary/aromatic N) is 1. The van der Waals surface area contributed by atoms with E-state index >= 15 is 0 Å². The van der Waals surface area contributed by atoms with Crippen LogP contribution in [-0.4, -0.2) is 16.2 Å². The molecule has 3 heteroatoms. The zero-order valence-corrected chi connectivity index (χ0v) is 16.1. The van der Waals surface area contributed by atoms with Gasteiger partial charge in [0, 0.05) is 39.5 Å². The van der Waals surface area contributed by atoms with Crippen LogP contribution in [0, 0.1) is 0 Å². The lowest BCUT2D eigenvalue weighted by Gasteiger charge is -2.13. The van der Waals surface area contributed by atoms with Gasteiger partial charge in [-0.3, -0.25) is 0 Å². The van der Waals surface area contributed by atoms with E-state index in [4.69, 9.17) is 11.6 Å². The smallest absolute Gasteiger partial charge is 0.0535 e. The molecule has 0 radical (unpaired) electrons. The highest BCUT2D eigenvalue weighted by molar-refractivity contribution is 7.99. The lowest BCUT2D eigenvalue weighted by atomic mass is 10.0. The molecule has 25 heavy (non-hydrogen) atoms. The zero-order chi connectivity index (χ0) is 17.1. The zero-order valence-electron chi connectivity index (χ0n) is 14.5. The molecular formula is C22H24ClNS. The molecule has 3 aromatic rings. The summed E-state index contributed by atoms with van der Waals surface area (Å²) in [6, 6.07) is 17.9. The topological polar surface area (TPSA) is 4.93 Å². The highest BCUT2D eigenvalue weighted by Crippen LogP contribution is 2.42. The van der Waals surface area contributed by atoms with Gasteiger partial charge >= 0.3 is 0 Å². The fraction of sp³-hybridized carbons (Fsp3) is 0.364. The number of aryl methyl sites for hydroxylation is 2. The Morgan fingerprint density at radius 1 is 0.920 bits per heavy atom. The van der Waals surface area contributed by atoms with E-state index in [9.17, 15) is 0 Å². The number of alkyl halides is 1. The first-order chi connectivity index (χ1) is 12.4. The van der Waals surface area contributed by atoms with Gasteiger partial charge < -0.3 is 4.57 Å². The van der Waals surface area contributed by atoms with Crippen molar-refractivity contribution in [3.8, 4) is 11.3 Å². The summed E-state index contributed by atoms with van der Waals surface area (Å²) in [5, 5.41) is 1.44. The summed E-state index contributed by atoms with van der Waals surface area (Å²) < 4.78 is 2.58. The van der Waals surface area contributed by atoms with Crippen LogP contribution in [-0.2, 0) is 13.0 Å². The summed E-state index contributed by atoms with van der Waals surface area (Å²) in [6.07, 6.45) is 5.99. The van der Waals surface area contributed by atoms with Crippen LogP contribution < -0.4 is 0 Å². The Balaban J connectivity index is 1.79. The van der Waals surface area contributed by atoms with Gasteiger partial charge in [0.2, 0.25) is 0 Å².